The molecule has 0 aliphatic carbocycles. The summed E-state index contributed by atoms with van der Waals surface area (Å²) < 4.78 is 7.77. The van der Waals surface area contributed by atoms with Crippen LogP contribution in [0.5, 0.6) is 0 Å². The van der Waals surface area contributed by atoms with Crippen molar-refractivity contribution in [2.24, 2.45) is 7.05 Å². The van der Waals surface area contributed by atoms with Crippen LogP contribution < -0.4 is 10.6 Å². The molecule has 3 heterocycles. The number of hydrogen-bond acceptors (Lipinski definition) is 7. The molecule has 29 heavy (non-hydrogen) atoms. The molecule has 0 aromatic carbocycles. The summed E-state index contributed by atoms with van der Waals surface area (Å²) in [7, 11) is 1.43. The summed E-state index contributed by atoms with van der Waals surface area (Å²) in [6.07, 6.45) is 2.97. The average Bonchev–Trinajstić information content (AvgIpc) is 3.38. The lowest BCUT2D eigenvalue weighted by atomic mass is 10.2. The summed E-state index contributed by atoms with van der Waals surface area (Å²) in [6, 6.07) is 3.40. The fraction of sp³-hybridized carbons (Fsp3) is 0.294. The molecule has 12 heteroatoms. The first-order valence-electron chi connectivity index (χ1n) is 8.69. The molecule has 3 rings (SSSR count). The Morgan fingerprint density at radius 2 is 2.07 bits per heavy atom. The van der Waals surface area contributed by atoms with E-state index in [1.807, 2.05) is 6.92 Å². The molecule has 0 fully saturated rings. The minimum Gasteiger partial charge on any atom is -0.467 e. The maximum atomic E-state index is 12.7. The van der Waals surface area contributed by atoms with Gasteiger partial charge in [-0.2, -0.15) is 10.2 Å². The van der Waals surface area contributed by atoms with Crippen molar-refractivity contribution in [3.05, 3.63) is 57.5 Å². The lowest BCUT2D eigenvalue weighted by Gasteiger charge is -2.06. The van der Waals surface area contributed by atoms with Gasteiger partial charge in [0, 0.05) is 19.8 Å². The van der Waals surface area contributed by atoms with Crippen LogP contribution in [0.4, 0.5) is 11.4 Å². The van der Waals surface area contributed by atoms with Crippen molar-refractivity contribution in [2.75, 3.05) is 5.32 Å². The van der Waals surface area contributed by atoms with Gasteiger partial charge in [0.05, 0.1) is 23.4 Å². The predicted molar refractivity (Wildman–Crippen MR) is 100 cm³/mol. The van der Waals surface area contributed by atoms with Crippen LogP contribution in [0.1, 0.15) is 39.4 Å². The van der Waals surface area contributed by atoms with Crippen LogP contribution in [0.25, 0.3) is 0 Å². The monoisotopic (exact) mass is 401 g/mol. The molecule has 0 saturated carbocycles. The Balaban J connectivity index is 1.86. The van der Waals surface area contributed by atoms with E-state index in [1.54, 1.807) is 12.1 Å². The van der Waals surface area contributed by atoms with E-state index in [2.05, 4.69) is 20.8 Å². The van der Waals surface area contributed by atoms with Gasteiger partial charge >= 0.3 is 5.69 Å². The molecule has 2 amide bonds. The number of aryl methyl sites for hydroxylation is 3. The smallest absolute Gasteiger partial charge is 0.322 e. The first-order chi connectivity index (χ1) is 13.8. The van der Waals surface area contributed by atoms with Gasteiger partial charge in [-0.3, -0.25) is 29.1 Å². The average molecular weight is 401 g/mol. The molecular weight excluding hydrogens is 382 g/mol. The number of nitrogens with zero attached hydrogens (tertiary/aromatic N) is 5. The van der Waals surface area contributed by atoms with Crippen LogP contribution in [0.3, 0.4) is 0 Å². The molecule has 0 aliphatic rings. The quantitative estimate of drug-likeness (QED) is 0.451. The Morgan fingerprint density at radius 1 is 1.31 bits per heavy atom. The number of carbonyl (C=O) groups is 2. The van der Waals surface area contributed by atoms with Crippen LogP contribution in [-0.4, -0.2) is 36.3 Å². The van der Waals surface area contributed by atoms with Crippen LogP contribution in [0.15, 0.2) is 29.0 Å². The minimum atomic E-state index is -0.768. The lowest BCUT2D eigenvalue weighted by molar-refractivity contribution is -0.385. The fourth-order valence-electron chi connectivity index (χ4n) is 2.81. The number of furan rings is 1. The second-order valence-electron chi connectivity index (χ2n) is 6.13. The zero-order chi connectivity index (χ0) is 21.1. The summed E-state index contributed by atoms with van der Waals surface area (Å²) in [6.45, 7) is 3.86. The van der Waals surface area contributed by atoms with Gasteiger partial charge in [0.15, 0.2) is 5.69 Å². The largest absolute Gasteiger partial charge is 0.467 e. The van der Waals surface area contributed by atoms with E-state index >= 15 is 0 Å². The van der Waals surface area contributed by atoms with Crippen LogP contribution in [-0.2, 0) is 20.1 Å². The standard InChI is InChI=1S/C17H19N7O5/c1-4-23-9-12(13(21-23)16(25)18-8-11-6-5-7-29-11)19-17(26)15-14(24(27)28)10(2)20-22(15)3/h5-7,9H,4,8H2,1-3H3,(H,18,25)(H,19,26). The summed E-state index contributed by atoms with van der Waals surface area (Å²) in [5, 5.41) is 24.6. The van der Waals surface area contributed by atoms with Crippen molar-refractivity contribution < 1.29 is 18.9 Å². The van der Waals surface area contributed by atoms with Gasteiger partial charge in [0.1, 0.15) is 11.5 Å². The normalized spacial score (nSPS) is 10.7. The van der Waals surface area contributed by atoms with E-state index in [0.717, 1.165) is 4.68 Å². The third kappa shape index (κ3) is 4.00. The highest BCUT2D eigenvalue weighted by Crippen LogP contribution is 2.24. The fourth-order valence-corrected chi connectivity index (χ4v) is 2.81. The Morgan fingerprint density at radius 3 is 2.69 bits per heavy atom. The van der Waals surface area contributed by atoms with Crippen LogP contribution in [0, 0.1) is 17.0 Å². The molecule has 3 aromatic rings. The number of nitro groups is 1. The van der Waals surface area contributed by atoms with Crippen molar-refractivity contribution in [2.45, 2.75) is 26.9 Å². The second-order valence-corrected chi connectivity index (χ2v) is 6.13. The zero-order valence-corrected chi connectivity index (χ0v) is 16.0. The van der Waals surface area contributed by atoms with E-state index in [1.165, 1.54) is 31.1 Å². The Hall–Kier alpha value is -3.96. The maximum absolute atomic E-state index is 12.7. The first-order valence-corrected chi connectivity index (χ1v) is 8.69. The van der Waals surface area contributed by atoms with E-state index in [9.17, 15) is 19.7 Å². The molecule has 0 aliphatic heterocycles. The molecular formula is C17H19N7O5. The number of aromatic nitrogens is 4. The zero-order valence-electron chi connectivity index (χ0n) is 16.0. The third-order valence-corrected chi connectivity index (χ3v) is 4.14. The highest BCUT2D eigenvalue weighted by molar-refractivity contribution is 6.09. The van der Waals surface area contributed by atoms with Crippen LogP contribution >= 0.6 is 0 Å². The number of hydrogen-bond donors (Lipinski definition) is 2. The summed E-state index contributed by atoms with van der Waals surface area (Å²) in [5.74, 6) is -0.741. The molecule has 0 spiro atoms. The lowest BCUT2D eigenvalue weighted by Crippen LogP contribution is -2.25. The van der Waals surface area contributed by atoms with Gasteiger partial charge in [-0.25, -0.2) is 0 Å². The second kappa shape index (κ2) is 7.96. The number of carbonyl (C=O) groups excluding carboxylic acids is 2. The Kier molecular flexibility index (Phi) is 5.43. The molecule has 2 N–H and O–H groups in total. The molecule has 3 aromatic heterocycles. The van der Waals surface area contributed by atoms with Crippen molar-refractivity contribution in [1.29, 1.82) is 0 Å². The minimum absolute atomic E-state index is 0.0201. The van der Waals surface area contributed by atoms with Gasteiger partial charge in [-0.05, 0) is 26.0 Å². The van der Waals surface area contributed by atoms with Crippen molar-refractivity contribution >= 4 is 23.2 Å². The highest BCUT2D eigenvalue weighted by Gasteiger charge is 2.30. The van der Waals surface area contributed by atoms with E-state index in [4.69, 9.17) is 4.42 Å². The van der Waals surface area contributed by atoms with Gasteiger partial charge < -0.3 is 15.1 Å². The Labute approximate surface area is 164 Å². The highest BCUT2D eigenvalue weighted by atomic mass is 16.6. The number of amides is 2. The summed E-state index contributed by atoms with van der Waals surface area (Å²) in [4.78, 5) is 35.9. The van der Waals surface area contributed by atoms with Crippen LogP contribution in [0.2, 0.25) is 0 Å². The number of rotatable bonds is 7. The molecule has 0 saturated heterocycles. The van der Waals surface area contributed by atoms with Crippen molar-refractivity contribution in [3.63, 3.8) is 0 Å². The van der Waals surface area contributed by atoms with Gasteiger partial charge in [0.2, 0.25) is 5.69 Å². The van der Waals surface area contributed by atoms with E-state index < -0.39 is 22.4 Å². The maximum Gasteiger partial charge on any atom is 0.322 e. The van der Waals surface area contributed by atoms with E-state index in [0.29, 0.717) is 12.3 Å². The molecule has 0 atom stereocenters. The first kappa shape index (κ1) is 19.8. The topological polar surface area (TPSA) is 150 Å². The third-order valence-electron chi connectivity index (χ3n) is 4.14. The van der Waals surface area contributed by atoms with Crippen molar-refractivity contribution in [1.82, 2.24) is 24.9 Å². The van der Waals surface area contributed by atoms with Crippen molar-refractivity contribution in [3.8, 4) is 0 Å². The van der Waals surface area contributed by atoms with E-state index in [-0.39, 0.29) is 29.3 Å². The molecule has 0 bridgehead atoms. The van der Waals surface area contributed by atoms with Gasteiger partial charge in [-0.15, -0.1) is 0 Å². The number of anilines is 1. The Bertz CT molecular complexity index is 1060. The molecule has 12 nitrogen and oxygen atoms in total. The molecule has 0 radical (unpaired) electrons. The summed E-state index contributed by atoms with van der Waals surface area (Å²) in [5.41, 5.74) is -0.394. The molecule has 0 unspecified atom stereocenters. The SMILES string of the molecule is CCn1cc(NC(=O)c2c([N+](=O)[O-])c(C)nn2C)c(C(=O)NCc2ccco2)n1. The van der Waals surface area contributed by atoms with Gasteiger partial charge in [0.25, 0.3) is 11.8 Å². The summed E-state index contributed by atoms with van der Waals surface area (Å²) >= 11 is 0. The molecule has 152 valence electrons. The number of nitrogens with one attached hydrogen (secondary N) is 2. The predicted octanol–water partition coefficient (Wildman–Crippen LogP) is 1.63. The van der Waals surface area contributed by atoms with Gasteiger partial charge in [-0.1, -0.05) is 0 Å².